The highest BCUT2D eigenvalue weighted by atomic mass is 35.5. The molecule has 2 aliphatic heterocycles. The summed E-state index contributed by atoms with van der Waals surface area (Å²) in [6.07, 6.45) is -0.0864. The van der Waals surface area contributed by atoms with E-state index in [1.165, 1.54) is 0 Å². The van der Waals surface area contributed by atoms with Crippen LogP contribution in [-0.4, -0.2) is 25.3 Å². The molecule has 0 aromatic heterocycles. The molecule has 5 rings (SSSR count). The minimum atomic E-state index is -1.11. The molecule has 0 N–H and O–H groups in total. The highest BCUT2D eigenvalue weighted by molar-refractivity contribution is 6.30. The smallest absolute Gasteiger partial charge is 0.340 e. The Morgan fingerprint density at radius 1 is 1.00 bits per heavy atom. The Bertz CT molecular complexity index is 1210. The summed E-state index contributed by atoms with van der Waals surface area (Å²) in [5.74, 6) is 0.900. The number of halogens is 1. The quantitative estimate of drug-likeness (QED) is 0.347. The molecule has 0 fully saturated rings. The minimum Gasteiger partial charge on any atom is -0.456 e. The third-order valence-electron chi connectivity index (χ3n) is 6.18. The molecular formula is C26H24ClNO4. The molecule has 2 heterocycles. The standard InChI is InChI=1S/C26H24ClNO4/c1-4-28(16(3)30-5-2)18-11-12-21-24(15-18)31-23-13-10-17(27)14-22(23)26(21)20-9-7-6-8-19(20)25(29)32-26/h6-16H,4-5H2,1-3H3. The van der Waals surface area contributed by atoms with Gasteiger partial charge >= 0.3 is 5.97 Å². The third kappa shape index (κ3) is 2.99. The fourth-order valence-electron chi connectivity index (χ4n) is 4.79. The van der Waals surface area contributed by atoms with Gasteiger partial charge in [-0.15, -0.1) is 0 Å². The van der Waals surface area contributed by atoms with Crippen LogP contribution in [0.5, 0.6) is 11.5 Å². The van der Waals surface area contributed by atoms with Crippen LogP contribution in [0.4, 0.5) is 5.69 Å². The Morgan fingerprint density at radius 2 is 1.81 bits per heavy atom. The predicted molar refractivity (Wildman–Crippen MR) is 124 cm³/mol. The van der Waals surface area contributed by atoms with Crippen molar-refractivity contribution in [1.29, 1.82) is 0 Å². The van der Waals surface area contributed by atoms with Crippen LogP contribution in [-0.2, 0) is 15.1 Å². The summed E-state index contributed by atoms with van der Waals surface area (Å²) in [5.41, 5.74) is 2.70. The first-order valence-electron chi connectivity index (χ1n) is 10.8. The van der Waals surface area contributed by atoms with Crippen LogP contribution in [0, 0.1) is 0 Å². The van der Waals surface area contributed by atoms with Crippen LogP contribution in [0.15, 0.2) is 60.7 Å². The number of esters is 1. The normalized spacial score (nSPS) is 18.9. The average Bonchev–Trinajstić information content (AvgIpc) is 3.08. The summed E-state index contributed by atoms with van der Waals surface area (Å²) in [6.45, 7) is 7.50. The number of hydrogen-bond donors (Lipinski definition) is 0. The molecule has 2 unspecified atom stereocenters. The number of rotatable bonds is 5. The molecular weight excluding hydrogens is 426 g/mol. The van der Waals surface area contributed by atoms with Gasteiger partial charge in [-0.2, -0.15) is 0 Å². The lowest BCUT2D eigenvalue weighted by atomic mass is 9.77. The van der Waals surface area contributed by atoms with Gasteiger partial charge in [-0.3, -0.25) is 0 Å². The summed E-state index contributed by atoms with van der Waals surface area (Å²) in [5, 5.41) is 0.551. The first-order valence-corrected chi connectivity index (χ1v) is 11.2. The molecule has 0 amide bonds. The second kappa shape index (κ2) is 7.84. The number of fused-ring (bicyclic) bond motifs is 6. The van der Waals surface area contributed by atoms with Gasteiger partial charge in [0, 0.05) is 46.6 Å². The monoisotopic (exact) mass is 449 g/mol. The van der Waals surface area contributed by atoms with E-state index in [4.69, 9.17) is 25.8 Å². The Morgan fingerprint density at radius 3 is 2.59 bits per heavy atom. The van der Waals surface area contributed by atoms with Gasteiger partial charge < -0.3 is 19.1 Å². The van der Waals surface area contributed by atoms with Crippen molar-refractivity contribution < 1.29 is 19.0 Å². The predicted octanol–water partition coefficient (Wildman–Crippen LogP) is 6.12. The minimum absolute atomic E-state index is 0.0864. The SMILES string of the molecule is CCOC(C)N(CC)c1ccc2c(c1)Oc1ccc(Cl)cc1C21OC(=O)c2ccccc21. The van der Waals surface area contributed by atoms with Crippen LogP contribution in [0.3, 0.4) is 0 Å². The molecule has 1 spiro atoms. The van der Waals surface area contributed by atoms with Crippen LogP contribution in [0.25, 0.3) is 0 Å². The Balaban J connectivity index is 1.73. The molecule has 0 bridgehead atoms. The molecule has 3 aromatic rings. The molecule has 0 aliphatic carbocycles. The molecule has 2 atom stereocenters. The summed E-state index contributed by atoms with van der Waals surface area (Å²) in [7, 11) is 0. The van der Waals surface area contributed by atoms with E-state index >= 15 is 0 Å². The van der Waals surface area contributed by atoms with Crippen molar-refractivity contribution in [2.45, 2.75) is 32.6 Å². The van der Waals surface area contributed by atoms with Gasteiger partial charge in [-0.05, 0) is 57.2 Å². The van der Waals surface area contributed by atoms with E-state index < -0.39 is 5.60 Å². The van der Waals surface area contributed by atoms with Crippen LogP contribution in [0.2, 0.25) is 5.02 Å². The zero-order chi connectivity index (χ0) is 22.5. The lowest BCUT2D eigenvalue weighted by molar-refractivity contribution is 0.0224. The van der Waals surface area contributed by atoms with E-state index in [9.17, 15) is 4.79 Å². The van der Waals surface area contributed by atoms with Crippen molar-refractivity contribution in [1.82, 2.24) is 0 Å². The summed E-state index contributed by atoms with van der Waals surface area (Å²) >= 11 is 6.36. The first-order chi connectivity index (χ1) is 15.5. The molecule has 32 heavy (non-hydrogen) atoms. The second-order valence-electron chi connectivity index (χ2n) is 7.88. The fourth-order valence-corrected chi connectivity index (χ4v) is 4.96. The Hall–Kier alpha value is -3.02. The maximum absolute atomic E-state index is 12.9. The lowest BCUT2D eigenvalue weighted by Crippen LogP contribution is -2.36. The van der Waals surface area contributed by atoms with Crippen LogP contribution in [0.1, 0.15) is 47.8 Å². The summed E-state index contributed by atoms with van der Waals surface area (Å²) < 4.78 is 18.3. The number of carbonyl (C=O) groups excluding carboxylic acids is 1. The maximum Gasteiger partial charge on any atom is 0.340 e. The Kier molecular flexibility index (Phi) is 5.11. The highest BCUT2D eigenvalue weighted by Gasteiger charge is 2.53. The first kappa shape index (κ1) is 20.9. The molecule has 0 saturated heterocycles. The Labute approximate surface area is 192 Å². The number of nitrogens with zero attached hydrogens (tertiary/aromatic N) is 1. The van der Waals surface area contributed by atoms with Gasteiger partial charge in [-0.1, -0.05) is 29.8 Å². The molecule has 5 nitrogen and oxygen atoms in total. The van der Waals surface area contributed by atoms with E-state index in [1.807, 2.05) is 62.4 Å². The number of anilines is 1. The van der Waals surface area contributed by atoms with Gasteiger partial charge in [0.05, 0.1) is 5.56 Å². The molecule has 0 radical (unpaired) electrons. The van der Waals surface area contributed by atoms with E-state index in [0.717, 1.165) is 28.9 Å². The molecule has 164 valence electrons. The topological polar surface area (TPSA) is 48.0 Å². The molecule has 2 aliphatic rings. The zero-order valence-corrected chi connectivity index (χ0v) is 19.0. The van der Waals surface area contributed by atoms with Crippen molar-refractivity contribution in [3.63, 3.8) is 0 Å². The zero-order valence-electron chi connectivity index (χ0n) is 18.2. The number of benzene rings is 3. The largest absolute Gasteiger partial charge is 0.456 e. The average molecular weight is 450 g/mol. The highest BCUT2D eigenvalue weighted by Crippen LogP contribution is 2.56. The van der Waals surface area contributed by atoms with Crippen molar-refractivity contribution in [2.75, 3.05) is 18.1 Å². The van der Waals surface area contributed by atoms with Crippen molar-refractivity contribution in [3.8, 4) is 11.5 Å². The van der Waals surface area contributed by atoms with Gasteiger partial charge in [0.15, 0.2) is 5.60 Å². The molecule has 0 saturated carbocycles. The third-order valence-corrected chi connectivity index (χ3v) is 6.41. The lowest BCUT2D eigenvalue weighted by Gasteiger charge is -2.37. The molecule has 6 heteroatoms. The number of carbonyl (C=O) groups is 1. The van der Waals surface area contributed by atoms with Crippen LogP contribution < -0.4 is 9.64 Å². The molecule has 3 aromatic carbocycles. The van der Waals surface area contributed by atoms with Crippen molar-refractivity contribution >= 4 is 23.3 Å². The number of hydrogen-bond acceptors (Lipinski definition) is 5. The number of ether oxygens (including phenoxy) is 3. The van der Waals surface area contributed by atoms with E-state index in [-0.39, 0.29) is 12.2 Å². The summed E-state index contributed by atoms with van der Waals surface area (Å²) in [4.78, 5) is 15.1. The van der Waals surface area contributed by atoms with E-state index in [0.29, 0.717) is 28.7 Å². The van der Waals surface area contributed by atoms with Crippen LogP contribution >= 0.6 is 11.6 Å². The van der Waals surface area contributed by atoms with Gasteiger partial charge in [-0.25, -0.2) is 4.79 Å². The van der Waals surface area contributed by atoms with Gasteiger partial charge in [0.2, 0.25) is 0 Å². The summed E-state index contributed by atoms with van der Waals surface area (Å²) in [6, 6.07) is 18.9. The van der Waals surface area contributed by atoms with Gasteiger partial charge in [0.1, 0.15) is 17.7 Å². The van der Waals surface area contributed by atoms with E-state index in [1.54, 1.807) is 12.1 Å². The van der Waals surface area contributed by atoms with Gasteiger partial charge in [0.25, 0.3) is 0 Å². The maximum atomic E-state index is 12.9. The fraction of sp³-hybridized carbons (Fsp3) is 0.269. The van der Waals surface area contributed by atoms with E-state index in [2.05, 4.69) is 11.8 Å². The van der Waals surface area contributed by atoms with Crippen molar-refractivity contribution in [3.05, 3.63) is 87.9 Å². The van der Waals surface area contributed by atoms with Crippen molar-refractivity contribution in [2.24, 2.45) is 0 Å². The second-order valence-corrected chi connectivity index (χ2v) is 8.32.